The molecule has 1 amide bonds. The van der Waals surface area contributed by atoms with Crippen LogP contribution < -0.4 is 10.6 Å². The molecule has 0 radical (unpaired) electrons. The van der Waals surface area contributed by atoms with Gasteiger partial charge in [0, 0.05) is 17.3 Å². The summed E-state index contributed by atoms with van der Waals surface area (Å²) in [5, 5.41) is 16.0. The number of anilines is 1. The van der Waals surface area contributed by atoms with Crippen molar-refractivity contribution < 1.29 is 9.72 Å². The quantitative estimate of drug-likeness (QED) is 0.353. The maximum absolute atomic E-state index is 11.4. The SMILES string of the molecule is C#CCNCC(=O)Nc1ccc([N+](=O)[O-])c(C)c1. The van der Waals surface area contributed by atoms with Crippen LogP contribution in [0.5, 0.6) is 0 Å². The van der Waals surface area contributed by atoms with Gasteiger partial charge >= 0.3 is 0 Å². The number of rotatable bonds is 5. The van der Waals surface area contributed by atoms with Gasteiger partial charge in [0.2, 0.25) is 5.91 Å². The lowest BCUT2D eigenvalue weighted by atomic mass is 10.2. The summed E-state index contributed by atoms with van der Waals surface area (Å²) in [6.45, 7) is 2.03. The molecular weight excluding hydrogens is 234 g/mol. The normalized spacial score (nSPS) is 9.56. The van der Waals surface area contributed by atoms with Crippen molar-refractivity contribution in [3.63, 3.8) is 0 Å². The first kappa shape index (κ1) is 13.7. The van der Waals surface area contributed by atoms with Crippen LogP contribution in [0.4, 0.5) is 11.4 Å². The van der Waals surface area contributed by atoms with E-state index in [1.54, 1.807) is 13.0 Å². The summed E-state index contributed by atoms with van der Waals surface area (Å²) in [5.74, 6) is 2.10. The Labute approximate surface area is 105 Å². The number of amides is 1. The van der Waals surface area contributed by atoms with Crippen LogP contribution >= 0.6 is 0 Å². The molecule has 0 heterocycles. The Balaban J connectivity index is 2.64. The molecule has 1 rings (SSSR count). The molecule has 0 fully saturated rings. The van der Waals surface area contributed by atoms with E-state index < -0.39 is 4.92 Å². The minimum Gasteiger partial charge on any atom is -0.325 e. The number of nitro groups is 1. The van der Waals surface area contributed by atoms with E-state index in [0.29, 0.717) is 17.8 Å². The summed E-state index contributed by atoms with van der Waals surface area (Å²) in [4.78, 5) is 21.6. The first-order chi connectivity index (χ1) is 8.54. The van der Waals surface area contributed by atoms with Gasteiger partial charge in [-0.15, -0.1) is 6.42 Å². The van der Waals surface area contributed by atoms with E-state index in [0.717, 1.165) is 0 Å². The van der Waals surface area contributed by atoms with Crippen LogP contribution in [0.1, 0.15) is 5.56 Å². The lowest BCUT2D eigenvalue weighted by molar-refractivity contribution is -0.385. The van der Waals surface area contributed by atoms with Gasteiger partial charge in [0.05, 0.1) is 18.0 Å². The molecule has 0 saturated heterocycles. The predicted molar refractivity (Wildman–Crippen MR) is 68.2 cm³/mol. The minimum atomic E-state index is -0.463. The standard InChI is InChI=1S/C12H13N3O3/c1-3-6-13-8-12(16)14-10-4-5-11(15(17)18)9(2)7-10/h1,4-5,7,13H,6,8H2,2H3,(H,14,16). The van der Waals surface area contributed by atoms with Crippen molar-refractivity contribution in [1.29, 1.82) is 0 Å². The number of aryl methyl sites for hydroxylation is 1. The molecule has 0 bridgehead atoms. The molecule has 0 unspecified atom stereocenters. The van der Waals surface area contributed by atoms with E-state index in [9.17, 15) is 14.9 Å². The van der Waals surface area contributed by atoms with E-state index in [1.165, 1.54) is 12.1 Å². The number of carbonyl (C=O) groups is 1. The second-order valence-corrected chi connectivity index (χ2v) is 3.61. The largest absolute Gasteiger partial charge is 0.325 e. The molecule has 0 atom stereocenters. The van der Waals surface area contributed by atoms with Crippen molar-refractivity contribution in [2.75, 3.05) is 18.4 Å². The molecule has 6 nitrogen and oxygen atoms in total. The number of terminal acetylenes is 1. The van der Waals surface area contributed by atoms with Crippen molar-refractivity contribution in [2.45, 2.75) is 6.92 Å². The molecule has 1 aromatic rings. The Morgan fingerprint density at radius 3 is 2.83 bits per heavy atom. The summed E-state index contributed by atoms with van der Waals surface area (Å²) in [5.41, 5.74) is 1.04. The molecule has 0 aromatic heterocycles. The summed E-state index contributed by atoms with van der Waals surface area (Å²) < 4.78 is 0. The van der Waals surface area contributed by atoms with Crippen molar-refractivity contribution in [3.05, 3.63) is 33.9 Å². The molecule has 0 spiro atoms. The van der Waals surface area contributed by atoms with Crippen molar-refractivity contribution in [2.24, 2.45) is 0 Å². The number of benzene rings is 1. The monoisotopic (exact) mass is 247 g/mol. The van der Waals surface area contributed by atoms with Gasteiger partial charge in [-0.2, -0.15) is 0 Å². The number of nitrogens with zero attached hydrogens (tertiary/aromatic N) is 1. The summed E-state index contributed by atoms with van der Waals surface area (Å²) in [6, 6.07) is 4.40. The molecule has 0 saturated carbocycles. The van der Waals surface area contributed by atoms with Crippen LogP contribution in [0.3, 0.4) is 0 Å². The Bertz CT molecular complexity index is 506. The number of hydrogen-bond acceptors (Lipinski definition) is 4. The molecule has 6 heteroatoms. The Morgan fingerprint density at radius 2 is 2.28 bits per heavy atom. The fraction of sp³-hybridized carbons (Fsp3) is 0.250. The van der Waals surface area contributed by atoms with Gasteiger partial charge in [0.25, 0.3) is 5.69 Å². The Morgan fingerprint density at radius 1 is 1.56 bits per heavy atom. The average Bonchev–Trinajstić information content (AvgIpc) is 2.28. The zero-order chi connectivity index (χ0) is 13.5. The van der Waals surface area contributed by atoms with Gasteiger partial charge in [0.1, 0.15) is 0 Å². The Hall–Kier alpha value is -2.39. The van der Waals surface area contributed by atoms with E-state index >= 15 is 0 Å². The fourth-order valence-corrected chi connectivity index (χ4v) is 1.39. The second kappa shape index (κ2) is 6.37. The Kier molecular flexibility index (Phi) is 4.84. The van der Waals surface area contributed by atoms with Crippen LogP contribution in [0, 0.1) is 29.4 Å². The van der Waals surface area contributed by atoms with Gasteiger partial charge in [0.15, 0.2) is 0 Å². The fourth-order valence-electron chi connectivity index (χ4n) is 1.39. The van der Waals surface area contributed by atoms with Gasteiger partial charge in [-0.1, -0.05) is 5.92 Å². The molecule has 0 aliphatic rings. The second-order valence-electron chi connectivity index (χ2n) is 3.61. The number of nitrogens with one attached hydrogen (secondary N) is 2. The highest BCUT2D eigenvalue weighted by Gasteiger charge is 2.11. The highest BCUT2D eigenvalue weighted by atomic mass is 16.6. The summed E-state index contributed by atoms with van der Waals surface area (Å²) in [6.07, 6.45) is 5.02. The summed E-state index contributed by atoms with van der Waals surface area (Å²) in [7, 11) is 0. The average molecular weight is 247 g/mol. The van der Waals surface area contributed by atoms with Crippen LogP contribution in [-0.4, -0.2) is 23.9 Å². The van der Waals surface area contributed by atoms with Gasteiger partial charge in [-0.05, 0) is 19.1 Å². The van der Waals surface area contributed by atoms with Crippen molar-refractivity contribution in [1.82, 2.24) is 5.32 Å². The van der Waals surface area contributed by atoms with Crippen molar-refractivity contribution in [3.8, 4) is 12.3 Å². The van der Waals surface area contributed by atoms with Crippen LogP contribution in [0.2, 0.25) is 0 Å². The van der Waals surface area contributed by atoms with Gasteiger partial charge < -0.3 is 5.32 Å². The highest BCUT2D eigenvalue weighted by Crippen LogP contribution is 2.21. The number of nitro benzene ring substituents is 1. The molecule has 2 N–H and O–H groups in total. The van der Waals surface area contributed by atoms with Crippen molar-refractivity contribution >= 4 is 17.3 Å². The van der Waals surface area contributed by atoms with E-state index in [-0.39, 0.29) is 18.1 Å². The molecule has 0 aliphatic heterocycles. The minimum absolute atomic E-state index is 0.0263. The van der Waals surface area contributed by atoms with Gasteiger partial charge in [-0.25, -0.2) is 0 Å². The molecule has 94 valence electrons. The zero-order valence-corrected chi connectivity index (χ0v) is 9.90. The first-order valence-electron chi connectivity index (χ1n) is 5.23. The maximum atomic E-state index is 11.4. The highest BCUT2D eigenvalue weighted by molar-refractivity contribution is 5.92. The predicted octanol–water partition coefficient (Wildman–Crippen LogP) is 1.06. The maximum Gasteiger partial charge on any atom is 0.272 e. The lowest BCUT2D eigenvalue weighted by Gasteiger charge is -2.06. The summed E-state index contributed by atoms with van der Waals surface area (Å²) >= 11 is 0. The third kappa shape index (κ3) is 3.88. The number of hydrogen-bond donors (Lipinski definition) is 2. The zero-order valence-electron chi connectivity index (χ0n) is 9.90. The third-order valence-corrected chi connectivity index (χ3v) is 2.19. The van der Waals surface area contributed by atoms with Crippen LogP contribution in [0.15, 0.2) is 18.2 Å². The third-order valence-electron chi connectivity index (χ3n) is 2.19. The first-order valence-corrected chi connectivity index (χ1v) is 5.23. The van der Waals surface area contributed by atoms with Crippen LogP contribution in [0.25, 0.3) is 0 Å². The van der Waals surface area contributed by atoms with E-state index in [2.05, 4.69) is 16.6 Å². The molecule has 18 heavy (non-hydrogen) atoms. The van der Waals surface area contributed by atoms with Gasteiger partial charge in [-0.3, -0.25) is 20.2 Å². The smallest absolute Gasteiger partial charge is 0.272 e. The van der Waals surface area contributed by atoms with E-state index in [1.807, 2.05) is 0 Å². The lowest BCUT2D eigenvalue weighted by Crippen LogP contribution is -2.28. The number of carbonyl (C=O) groups excluding carboxylic acids is 1. The topological polar surface area (TPSA) is 84.3 Å². The van der Waals surface area contributed by atoms with E-state index in [4.69, 9.17) is 6.42 Å². The molecular formula is C12H13N3O3. The molecule has 0 aliphatic carbocycles. The van der Waals surface area contributed by atoms with Crippen LogP contribution in [-0.2, 0) is 4.79 Å². The molecule has 1 aromatic carbocycles.